The van der Waals surface area contributed by atoms with E-state index in [-0.39, 0.29) is 37.7 Å². The van der Waals surface area contributed by atoms with Crippen LogP contribution in [0.3, 0.4) is 0 Å². The summed E-state index contributed by atoms with van der Waals surface area (Å²) in [5, 5.41) is 0.898. The van der Waals surface area contributed by atoms with E-state index in [9.17, 15) is 14.4 Å². The van der Waals surface area contributed by atoms with Crippen molar-refractivity contribution in [2.45, 2.75) is 18.0 Å². The van der Waals surface area contributed by atoms with Gasteiger partial charge in [-0.2, -0.15) is 4.57 Å². The highest BCUT2D eigenvalue weighted by Crippen LogP contribution is 2.56. The molecule has 0 radical (unpaired) electrons. The van der Waals surface area contributed by atoms with Crippen molar-refractivity contribution in [2.75, 3.05) is 0 Å². The number of benzene rings is 2. The zero-order valence-corrected chi connectivity index (χ0v) is 21.2. The Morgan fingerprint density at radius 1 is 0.943 bits per heavy atom. The van der Waals surface area contributed by atoms with Gasteiger partial charge < -0.3 is 22.2 Å². The first-order valence-corrected chi connectivity index (χ1v) is 12.4. The highest BCUT2D eigenvalue weighted by molar-refractivity contribution is 7.53. The Morgan fingerprint density at radius 2 is 1.69 bits per heavy atom. The number of aromatic nitrogens is 2. The van der Waals surface area contributed by atoms with Gasteiger partial charge in [-0.3, -0.25) is 9.55 Å². The number of allylic oxidation sites excluding steroid dienone is 4. The summed E-state index contributed by atoms with van der Waals surface area (Å²) in [6.07, 6.45) is 13.0. The van der Waals surface area contributed by atoms with Gasteiger partial charge in [-0.25, -0.2) is 0 Å². The normalized spacial score (nSPS) is 17.0. The lowest BCUT2D eigenvalue weighted by Crippen LogP contribution is -3.00. The third kappa shape index (κ3) is 5.25. The smallest absolute Gasteiger partial charge is 0.336 e. The average Bonchev–Trinajstić information content (AvgIpc) is 2.84. The average molecular weight is 527 g/mol. The molecule has 1 aliphatic rings. The molecule has 180 valence electrons. The summed E-state index contributed by atoms with van der Waals surface area (Å²) in [6.45, 7) is 0. The van der Waals surface area contributed by atoms with Crippen molar-refractivity contribution in [3.8, 4) is 16.8 Å². The second kappa shape index (κ2) is 10.9. The standard InChI is InChI=1S/C27H23N2O3P.2ClH/c30-33(31,32)27(14-4-1-5-15-27)20-24-19-23(21-11-16-28-17-12-21)13-18-29(24)26-10-6-8-22-7-2-3-9-25(22)26;;/h1-14,16-19H,15,20H2,(H-,30,31,32);2*1H. The third-order valence-corrected chi connectivity index (χ3v) is 7.92. The van der Waals surface area contributed by atoms with E-state index in [0.717, 1.165) is 33.3 Å². The van der Waals surface area contributed by atoms with Gasteiger partial charge in [0.2, 0.25) is 5.69 Å². The summed E-state index contributed by atoms with van der Waals surface area (Å²) in [4.78, 5) is 24.9. The fraction of sp³-hybridized carbons (Fsp3) is 0.111. The van der Waals surface area contributed by atoms with E-state index in [4.69, 9.17) is 0 Å². The van der Waals surface area contributed by atoms with Crippen molar-refractivity contribution in [3.05, 3.63) is 115 Å². The molecule has 2 aromatic carbocycles. The van der Waals surface area contributed by atoms with Crippen LogP contribution in [0.1, 0.15) is 12.1 Å². The Morgan fingerprint density at radius 3 is 2.40 bits per heavy atom. The first-order chi connectivity index (χ1) is 16.0. The van der Waals surface area contributed by atoms with E-state index in [2.05, 4.69) is 27.8 Å². The lowest BCUT2D eigenvalue weighted by Gasteiger charge is -2.31. The number of hydrogen-bond acceptors (Lipinski definition) is 2. The van der Waals surface area contributed by atoms with E-state index in [1.54, 1.807) is 24.5 Å². The summed E-state index contributed by atoms with van der Waals surface area (Å²) < 4.78 is 14.8. The molecular formula is C27H25Cl2N2O3P. The van der Waals surface area contributed by atoms with Crippen LogP contribution in [0, 0.1) is 0 Å². The predicted octanol–water partition coefficient (Wildman–Crippen LogP) is 2.58. The molecule has 0 amide bonds. The maximum Gasteiger partial charge on any atom is 0.336 e. The quantitative estimate of drug-likeness (QED) is 0.309. The van der Waals surface area contributed by atoms with E-state index in [1.807, 2.05) is 66.9 Å². The lowest BCUT2D eigenvalue weighted by molar-refractivity contribution is -0.603. The molecule has 0 bridgehead atoms. The fourth-order valence-electron chi connectivity index (χ4n) is 4.48. The molecule has 2 aromatic heterocycles. The summed E-state index contributed by atoms with van der Waals surface area (Å²) in [7, 11) is -4.45. The number of hydrogen-bond donors (Lipinski definition) is 2. The second-order valence-corrected chi connectivity index (χ2v) is 10.3. The van der Waals surface area contributed by atoms with Crippen molar-refractivity contribution < 1.29 is 31.3 Å². The van der Waals surface area contributed by atoms with Crippen molar-refractivity contribution in [3.63, 3.8) is 0 Å². The van der Waals surface area contributed by atoms with Crippen LogP contribution in [0.2, 0.25) is 0 Å². The van der Waals surface area contributed by atoms with Crippen LogP contribution in [0.5, 0.6) is 0 Å². The molecule has 1 unspecified atom stereocenters. The molecule has 5 nitrogen and oxygen atoms in total. The van der Waals surface area contributed by atoms with Gasteiger partial charge in [0.1, 0.15) is 5.16 Å². The van der Waals surface area contributed by atoms with Crippen LogP contribution < -0.4 is 17.0 Å². The number of nitrogens with zero attached hydrogens (tertiary/aromatic N) is 2. The monoisotopic (exact) mass is 526 g/mol. The third-order valence-electron chi connectivity index (χ3n) is 6.27. The Labute approximate surface area is 216 Å². The maximum absolute atomic E-state index is 12.7. The highest BCUT2D eigenvalue weighted by atomic mass is 35.5. The highest BCUT2D eigenvalue weighted by Gasteiger charge is 2.46. The summed E-state index contributed by atoms with van der Waals surface area (Å²) in [5.41, 5.74) is 3.77. The molecule has 0 aliphatic heterocycles. The first-order valence-electron chi connectivity index (χ1n) is 10.8. The van der Waals surface area contributed by atoms with Gasteiger partial charge in [0.15, 0.2) is 11.9 Å². The zero-order chi connectivity index (χ0) is 22.9. The van der Waals surface area contributed by atoms with Crippen LogP contribution in [0.15, 0.2) is 110 Å². The summed E-state index contributed by atoms with van der Waals surface area (Å²) >= 11 is 0. The van der Waals surface area contributed by atoms with E-state index in [1.165, 1.54) is 0 Å². The van der Waals surface area contributed by atoms with Crippen molar-refractivity contribution in [2.24, 2.45) is 0 Å². The van der Waals surface area contributed by atoms with Gasteiger partial charge in [0, 0.05) is 30.6 Å². The molecule has 0 saturated heterocycles. The Balaban J connectivity index is 0.00000171. The number of fused-ring (bicyclic) bond motifs is 1. The van der Waals surface area contributed by atoms with E-state index in [0.29, 0.717) is 0 Å². The summed E-state index contributed by atoms with van der Waals surface area (Å²) in [5.74, 6) is 0. The molecule has 0 fully saturated rings. The first kappa shape index (κ1) is 26.8. The number of pyridine rings is 2. The minimum atomic E-state index is -4.45. The van der Waals surface area contributed by atoms with Gasteiger partial charge >= 0.3 is 7.60 Å². The molecule has 8 heteroatoms. The Bertz CT molecular complexity index is 1430. The predicted molar refractivity (Wildman–Crippen MR) is 137 cm³/mol. The molecule has 2 N–H and O–H groups in total. The second-order valence-electron chi connectivity index (χ2n) is 8.33. The number of halogens is 2. The molecule has 5 rings (SSSR count). The molecule has 1 atom stereocenters. The van der Waals surface area contributed by atoms with Crippen LogP contribution in [-0.4, -0.2) is 19.9 Å². The number of rotatable bonds is 5. The molecular weight excluding hydrogens is 502 g/mol. The lowest BCUT2D eigenvalue weighted by atomic mass is 9.92. The molecule has 2 heterocycles. The topological polar surface area (TPSA) is 74.3 Å². The van der Waals surface area contributed by atoms with Crippen LogP contribution in [-0.2, 0) is 11.0 Å². The van der Waals surface area contributed by atoms with Crippen molar-refractivity contribution >= 4 is 30.8 Å². The SMILES string of the molecule is Cl.O=P(O)(O)C1(Cc2cc(-c3ccncc3)cc[n+]2-c2cccc3ccccc23)C=CC=CC1.[Cl-]. The van der Waals surface area contributed by atoms with Gasteiger partial charge in [0.05, 0.1) is 11.8 Å². The van der Waals surface area contributed by atoms with Gasteiger partial charge in [-0.05, 0) is 41.1 Å². The fourth-order valence-corrected chi connectivity index (χ4v) is 5.47. The molecule has 0 spiro atoms. The van der Waals surface area contributed by atoms with E-state index < -0.39 is 12.8 Å². The van der Waals surface area contributed by atoms with Crippen LogP contribution in [0.25, 0.3) is 27.6 Å². The van der Waals surface area contributed by atoms with E-state index >= 15 is 0 Å². The largest absolute Gasteiger partial charge is 1.00 e. The molecule has 4 aromatic rings. The van der Waals surface area contributed by atoms with Crippen LogP contribution in [0.4, 0.5) is 0 Å². The van der Waals surface area contributed by atoms with Crippen molar-refractivity contribution in [1.82, 2.24) is 4.98 Å². The minimum absolute atomic E-state index is 0. The zero-order valence-electron chi connectivity index (χ0n) is 18.7. The van der Waals surface area contributed by atoms with Crippen molar-refractivity contribution in [1.29, 1.82) is 0 Å². The Hall–Kier alpha value is -2.79. The van der Waals surface area contributed by atoms with Crippen LogP contribution >= 0.6 is 20.0 Å². The molecule has 1 aliphatic carbocycles. The molecule has 35 heavy (non-hydrogen) atoms. The maximum atomic E-state index is 12.7. The molecule has 0 saturated carbocycles. The minimum Gasteiger partial charge on any atom is -1.00 e. The summed E-state index contributed by atoms with van der Waals surface area (Å²) in [6, 6.07) is 22.2. The Kier molecular flexibility index (Phi) is 8.32. The van der Waals surface area contributed by atoms with Gasteiger partial charge in [-0.1, -0.05) is 54.6 Å². The van der Waals surface area contributed by atoms with Gasteiger partial charge in [0.25, 0.3) is 0 Å². The van der Waals surface area contributed by atoms with Gasteiger partial charge in [-0.15, -0.1) is 12.4 Å².